The highest BCUT2D eigenvalue weighted by Crippen LogP contribution is 2.53. The lowest BCUT2D eigenvalue weighted by molar-refractivity contribution is -0.0142. The van der Waals surface area contributed by atoms with Gasteiger partial charge in [0.05, 0.1) is 6.61 Å². The molecular weight excluding hydrogens is 429 g/mol. The lowest BCUT2D eigenvalue weighted by Crippen LogP contribution is -2.54. The van der Waals surface area contributed by atoms with Gasteiger partial charge in [-0.3, -0.25) is 0 Å². The van der Waals surface area contributed by atoms with Gasteiger partial charge >= 0.3 is 0 Å². The van der Waals surface area contributed by atoms with Crippen LogP contribution in [0, 0.1) is 23.7 Å². The minimum Gasteiger partial charge on any atom is -0.490 e. The van der Waals surface area contributed by atoms with Crippen molar-refractivity contribution in [2.45, 2.75) is 58.2 Å². The highest BCUT2D eigenvalue weighted by molar-refractivity contribution is 6.31. The number of benzene rings is 2. The van der Waals surface area contributed by atoms with Gasteiger partial charge in [0.2, 0.25) is 0 Å². The molecule has 0 radical (unpaired) electrons. The Morgan fingerprint density at radius 1 is 0.871 bits per heavy atom. The second-order valence-corrected chi connectivity index (χ2v) is 10.4. The van der Waals surface area contributed by atoms with E-state index in [2.05, 4.69) is 5.32 Å². The van der Waals surface area contributed by atoms with Crippen LogP contribution in [-0.2, 0) is 13.2 Å². The van der Waals surface area contributed by atoms with Crippen LogP contribution in [0.3, 0.4) is 0 Å². The third-order valence-corrected chi connectivity index (χ3v) is 8.08. The highest BCUT2D eigenvalue weighted by Gasteiger charge is 2.47. The van der Waals surface area contributed by atoms with Crippen LogP contribution < -0.4 is 14.8 Å². The Hall–Kier alpha value is -1.42. The summed E-state index contributed by atoms with van der Waals surface area (Å²) in [5.74, 6) is 5.12. The Labute approximate surface area is 195 Å². The molecule has 166 valence electrons. The largest absolute Gasteiger partial charge is 0.490 e. The van der Waals surface area contributed by atoms with Gasteiger partial charge in [0, 0.05) is 28.7 Å². The van der Waals surface area contributed by atoms with Crippen molar-refractivity contribution in [1.82, 2.24) is 5.32 Å². The maximum atomic E-state index is 6.68. The van der Waals surface area contributed by atoms with E-state index in [9.17, 15) is 0 Å². The van der Waals surface area contributed by atoms with E-state index in [0.717, 1.165) is 57.1 Å². The molecule has 1 N–H and O–H groups in total. The van der Waals surface area contributed by atoms with E-state index in [1.54, 1.807) is 0 Å². The molecule has 0 unspecified atom stereocenters. The Balaban J connectivity index is 1.27. The normalized spacial score (nSPS) is 28.7. The summed E-state index contributed by atoms with van der Waals surface area (Å²) in [6.45, 7) is 3.80. The highest BCUT2D eigenvalue weighted by atomic mass is 35.5. The van der Waals surface area contributed by atoms with E-state index >= 15 is 0 Å². The monoisotopic (exact) mass is 459 g/mol. The van der Waals surface area contributed by atoms with Crippen LogP contribution in [-0.4, -0.2) is 12.6 Å². The van der Waals surface area contributed by atoms with Gasteiger partial charge in [0.1, 0.15) is 6.61 Å². The molecule has 0 saturated heterocycles. The van der Waals surface area contributed by atoms with E-state index in [1.165, 1.54) is 32.1 Å². The number of rotatable bonds is 8. The van der Waals surface area contributed by atoms with Crippen molar-refractivity contribution >= 4 is 23.2 Å². The van der Waals surface area contributed by atoms with E-state index in [-0.39, 0.29) is 0 Å². The van der Waals surface area contributed by atoms with Crippen molar-refractivity contribution in [2.75, 3.05) is 6.61 Å². The molecule has 4 fully saturated rings. The molecule has 2 aromatic rings. The molecule has 4 saturated carbocycles. The lowest BCUT2D eigenvalue weighted by Gasteiger charge is -2.54. The topological polar surface area (TPSA) is 30.5 Å². The van der Waals surface area contributed by atoms with E-state index in [4.69, 9.17) is 32.7 Å². The number of halogens is 2. The average Bonchev–Trinajstić information content (AvgIpc) is 2.75. The fourth-order valence-corrected chi connectivity index (χ4v) is 6.67. The first kappa shape index (κ1) is 21.4. The summed E-state index contributed by atoms with van der Waals surface area (Å²) in [6.07, 6.45) is 7.15. The van der Waals surface area contributed by atoms with Gasteiger partial charge in [0.15, 0.2) is 11.5 Å². The van der Waals surface area contributed by atoms with Crippen molar-refractivity contribution in [3.8, 4) is 11.5 Å². The lowest BCUT2D eigenvalue weighted by atomic mass is 9.54. The van der Waals surface area contributed by atoms with Crippen LogP contribution in [0.5, 0.6) is 11.5 Å². The van der Waals surface area contributed by atoms with Gasteiger partial charge in [-0.05, 0) is 92.0 Å². The Kier molecular flexibility index (Phi) is 6.37. The number of nitrogens with one attached hydrogen (secondary N) is 1. The number of ether oxygens (including phenoxy) is 2. The van der Waals surface area contributed by atoms with Crippen molar-refractivity contribution in [3.63, 3.8) is 0 Å². The van der Waals surface area contributed by atoms with Crippen molar-refractivity contribution in [3.05, 3.63) is 57.6 Å². The van der Waals surface area contributed by atoms with Crippen molar-refractivity contribution in [2.24, 2.45) is 23.7 Å². The number of hydrogen-bond acceptors (Lipinski definition) is 3. The number of hydrogen-bond donors (Lipinski definition) is 1. The minimum absolute atomic E-state index is 0.443. The van der Waals surface area contributed by atoms with E-state index in [1.807, 2.05) is 43.3 Å². The molecule has 4 aliphatic carbocycles. The van der Waals surface area contributed by atoms with Crippen LogP contribution in [0.25, 0.3) is 0 Å². The molecule has 5 heteroatoms. The molecule has 0 aliphatic heterocycles. The molecule has 31 heavy (non-hydrogen) atoms. The molecule has 0 heterocycles. The molecule has 2 aromatic carbocycles. The second-order valence-electron chi connectivity index (χ2n) is 9.58. The summed E-state index contributed by atoms with van der Waals surface area (Å²) in [7, 11) is 0. The predicted molar refractivity (Wildman–Crippen MR) is 126 cm³/mol. The SMILES string of the molecule is CCOc1cc(CNC2C3CC4CC(C3)CC2C4)c(Cl)cc1OCc1ccc(Cl)cc1. The summed E-state index contributed by atoms with van der Waals surface area (Å²) < 4.78 is 11.9. The maximum Gasteiger partial charge on any atom is 0.163 e. The zero-order valence-electron chi connectivity index (χ0n) is 18.1. The van der Waals surface area contributed by atoms with Gasteiger partial charge in [-0.25, -0.2) is 0 Å². The van der Waals surface area contributed by atoms with Gasteiger partial charge in [-0.15, -0.1) is 0 Å². The van der Waals surface area contributed by atoms with Gasteiger partial charge < -0.3 is 14.8 Å². The quantitative estimate of drug-likeness (QED) is 0.466. The maximum absolute atomic E-state index is 6.68. The molecule has 4 bridgehead atoms. The minimum atomic E-state index is 0.443. The Morgan fingerprint density at radius 2 is 1.52 bits per heavy atom. The Bertz CT molecular complexity index is 886. The summed E-state index contributed by atoms with van der Waals surface area (Å²) in [5.41, 5.74) is 2.13. The van der Waals surface area contributed by atoms with Gasteiger partial charge in [-0.1, -0.05) is 35.3 Å². The van der Waals surface area contributed by atoms with E-state index in [0.29, 0.717) is 25.0 Å². The van der Waals surface area contributed by atoms with Crippen LogP contribution in [0.2, 0.25) is 10.0 Å². The van der Waals surface area contributed by atoms with Crippen molar-refractivity contribution < 1.29 is 9.47 Å². The van der Waals surface area contributed by atoms with Crippen LogP contribution >= 0.6 is 23.2 Å². The van der Waals surface area contributed by atoms with Crippen molar-refractivity contribution in [1.29, 1.82) is 0 Å². The standard InChI is InChI=1S/C26H31Cl2NO2/c1-2-30-24-12-21(14-29-26-19-8-17-7-18(10-19)11-20(26)9-17)23(28)13-25(24)31-15-16-3-5-22(27)6-4-16/h3-6,12-13,17-20,26,29H,2,7-11,14-15H2,1H3. The summed E-state index contributed by atoms with van der Waals surface area (Å²) >= 11 is 12.7. The Morgan fingerprint density at radius 3 is 2.16 bits per heavy atom. The first-order valence-electron chi connectivity index (χ1n) is 11.6. The smallest absolute Gasteiger partial charge is 0.163 e. The molecule has 0 amide bonds. The third kappa shape index (κ3) is 4.69. The van der Waals surface area contributed by atoms with Gasteiger partial charge in [-0.2, -0.15) is 0 Å². The summed E-state index contributed by atoms with van der Waals surface area (Å²) in [6, 6.07) is 12.3. The van der Waals surface area contributed by atoms with Gasteiger partial charge in [0.25, 0.3) is 0 Å². The van der Waals surface area contributed by atoms with Crippen LogP contribution in [0.4, 0.5) is 0 Å². The predicted octanol–water partition coefficient (Wildman–Crippen LogP) is 6.89. The second kappa shape index (κ2) is 9.21. The molecule has 0 aromatic heterocycles. The van der Waals surface area contributed by atoms with Crippen LogP contribution in [0.1, 0.15) is 50.2 Å². The molecule has 0 spiro atoms. The first-order valence-corrected chi connectivity index (χ1v) is 12.4. The molecule has 4 aliphatic rings. The van der Waals surface area contributed by atoms with E-state index < -0.39 is 0 Å². The van der Waals surface area contributed by atoms with Crippen LogP contribution in [0.15, 0.2) is 36.4 Å². The zero-order valence-corrected chi connectivity index (χ0v) is 19.6. The zero-order chi connectivity index (χ0) is 21.4. The fraction of sp³-hybridized carbons (Fsp3) is 0.538. The summed E-state index contributed by atoms with van der Waals surface area (Å²) in [5, 5.41) is 5.33. The third-order valence-electron chi connectivity index (χ3n) is 7.48. The summed E-state index contributed by atoms with van der Waals surface area (Å²) in [4.78, 5) is 0. The average molecular weight is 460 g/mol. The molecular formula is C26H31Cl2NO2. The first-order chi connectivity index (χ1) is 15.1. The molecule has 0 atom stereocenters. The molecule has 6 rings (SSSR count). The molecule has 3 nitrogen and oxygen atoms in total. The fourth-order valence-electron chi connectivity index (χ4n) is 6.32.